The number of hydrogen-bond donors (Lipinski definition) is 2. The van der Waals surface area contributed by atoms with Gasteiger partial charge in [-0.15, -0.1) is 6.58 Å². The molecule has 7 nitrogen and oxygen atoms in total. The second-order valence-corrected chi connectivity index (χ2v) is 6.33. The average Bonchev–Trinajstić information content (AvgIpc) is 2.72. The summed E-state index contributed by atoms with van der Waals surface area (Å²) in [6.07, 6.45) is 3.44. The van der Waals surface area contributed by atoms with Gasteiger partial charge in [-0.25, -0.2) is 4.79 Å². The molecule has 0 radical (unpaired) electrons. The van der Waals surface area contributed by atoms with Crippen LogP contribution in [0.1, 0.15) is 16.7 Å². The van der Waals surface area contributed by atoms with Crippen LogP contribution < -0.4 is 14.8 Å². The van der Waals surface area contributed by atoms with E-state index in [4.69, 9.17) is 14.6 Å². The summed E-state index contributed by atoms with van der Waals surface area (Å²) in [5.74, 6) is -1.09. The summed E-state index contributed by atoms with van der Waals surface area (Å²) in [6, 6.07) is 12.4. The van der Waals surface area contributed by atoms with Crippen LogP contribution >= 0.6 is 0 Å². The molecule has 0 saturated heterocycles. The largest absolute Gasteiger partial charge is 0.493 e. The lowest BCUT2D eigenvalue weighted by Crippen LogP contribution is -2.14. The van der Waals surface area contributed by atoms with E-state index in [0.717, 1.165) is 5.56 Å². The fourth-order valence-electron chi connectivity index (χ4n) is 2.74. The number of carboxylic acid groups (broad SMARTS) is 1. The Morgan fingerprint density at radius 2 is 2.03 bits per heavy atom. The van der Waals surface area contributed by atoms with Gasteiger partial charge in [0.1, 0.15) is 11.6 Å². The van der Waals surface area contributed by atoms with Gasteiger partial charge in [0.05, 0.1) is 7.11 Å². The molecule has 0 fully saturated rings. The summed E-state index contributed by atoms with van der Waals surface area (Å²) >= 11 is 0. The molecule has 0 bridgehead atoms. The summed E-state index contributed by atoms with van der Waals surface area (Å²) in [7, 11) is 1.42. The second-order valence-electron chi connectivity index (χ2n) is 6.33. The zero-order valence-electron chi connectivity index (χ0n) is 16.8. The quantitative estimate of drug-likeness (QED) is 0.373. The van der Waals surface area contributed by atoms with Gasteiger partial charge in [0.15, 0.2) is 18.1 Å². The number of nitriles is 1. The molecule has 2 N–H and O–H groups in total. The minimum atomic E-state index is -1.12. The van der Waals surface area contributed by atoms with Crippen LogP contribution in [0.5, 0.6) is 11.5 Å². The third-order valence-corrected chi connectivity index (χ3v) is 4.15. The van der Waals surface area contributed by atoms with Crippen LogP contribution in [-0.4, -0.2) is 30.7 Å². The number of methoxy groups -OCH3 is 1. The van der Waals surface area contributed by atoms with Gasteiger partial charge in [-0.05, 0) is 48.7 Å². The highest BCUT2D eigenvalue weighted by Crippen LogP contribution is 2.34. The van der Waals surface area contributed by atoms with Gasteiger partial charge < -0.3 is 19.9 Å². The van der Waals surface area contributed by atoms with Crippen molar-refractivity contribution >= 4 is 23.6 Å². The van der Waals surface area contributed by atoms with Crippen LogP contribution in [0.4, 0.5) is 5.69 Å². The number of aliphatic carboxylic acids is 1. The van der Waals surface area contributed by atoms with E-state index in [-0.39, 0.29) is 11.3 Å². The number of allylic oxidation sites excluding steroid dienone is 1. The number of amides is 1. The van der Waals surface area contributed by atoms with Crippen molar-refractivity contribution in [3.8, 4) is 17.6 Å². The molecule has 1 amide bonds. The maximum atomic E-state index is 12.6. The molecule has 0 aromatic heterocycles. The van der Waals surface area contributed by atoms with Crippen molar-refractivity contribution < 1.29 is 24.2 Å². The third-order valence-electron chi connectivity index (χ3n) is 4.15. The Bertz CT molecular complexity index is 1030. The monoisotopic (exact) mass is 406 g/mol. The zero-order chi connectivity index (χ0) is 22.1. The van der Waals surface area contributed by atoms with E-state index in [1.807, 2.05) is 25.1 Å². The molecule has 0 aliphatic rings. The van der Waals surface area contributed by atoms with Crippen molar-refractivity contribution in [3.05, 3.63) is 71.3 Å². The Morgan fingerprint density at radius 1 is 1.30 bits per heavy atom. The van der Waals surface area contributed by atoms with E-state index in [1.54, 1.807) is 30.3 Å². The average molecular weight is 406 g/mol. The number of hydrogen-bond acceptors (Lipinski definition) is 5. The lowest BCUT2D eigenvalue weighted by Gasteiger charge is -2.15. The first-order valence-electron chi connectivity index (χ1n) is 9.04. The predicted molar refractivity (Wildman–Crippen MR) is 113 cm³/mol. The first-order chi connectivity index (χ1) is 14.4. The summed E-state index contributed by atoms with van der Waals surface area (Å²) in [6.45, 7) is 5.02. The number of ether oxygens (including phenoxy) is 2. The zero-order valence-corrected chi connectivity index (χ0v) is 16.8. The second kappa shape index (κ2) is 10.5. The van der Waals surface area contributed by atoms with Crippen LogP contribution in [0.15, 0.2) is 54.6 Å². The molecule has 7 heteroatoms. The van der Waals surface area contributed by atoms with Crippen LogP contribution in [0.2, 0.25) is 0 Å². The van der Waals surface area contributed by atoms with Crippen LogP contribution in [-0.2, 0) is 16.0 Å². The molecule has 2 aromatic carbocycles. The Balaban J connectivity index is 2.41. The molecule has 0 aliphatic heterocycles. The Labute approximate surface area is 174 Å². The number of carboxylic acids is 1. The lowest BCUT2D eigenvalue weighted by atomic mass is 10.0. The molecule has 0 saturated carbocycles. The highest BCUT2D eigenvalue weighted by molar-refractivity contribution is 6.10. The number of para-hydroxylation sites is 1. The molecule has 2 aromatic rings. The van der Waals surface area contributed by atoms with Crippen molar-refractivity contribution in [1.29, 1.82) is 5.26 Å². The lowest BCUT2D eigenvalue weighted by molar-refractivity contribution is -0.139. The SMILES string of the molecule is C=CCc1cc(/C=C(/C#N)C(=O)Nc2ccccc2C)cc(OC)c1OCC(=O)O. The summed E-state index contributed by atoms with van der Waals surface area (Å²) in [5.41, 5.74) is 2.55. The van der Waals surface area contributed by atoms with E-state index in [1.165, 1.54) is 13.2 Å². The number of anilines is 1. The maximum Gasteiger partial charge on any atom is 0.341 e. The third kappa shape index (κ3) is 5.72. The number of rotatable bonds is 9. The van der Waals surface area contributed by atoms with Gasteiger partial charge in [0.2, 0.25) is 0 Å². The summed E-state index contributed by atoms with van der Waals surface area (Å²) in [5, 5.41) is 21.1. The Kier molecular flexibility index (Phi) is 7.77. The van der Waals surface area contributed by atoms with E-state index in [2.05, 4.69) is 11.9 Å². The highest BCUT2D eigenvalue weighted by Gasteiger charge is 2.16. The first kappa shape index (κ1) is 22.2. The molecule has 0 spiro atoms. The number of carbonyl (C=O) groups is 2. The highest BCUT2D eigenvalue weighted by atomic mass is 16.5. The number of nitrogens with zero attached hydrogens (tertiary/aromatic N) is 1. The number of benzene rings is 2. The van der Waals surface area contributed by atoms with E-state index in [9.17, 15) is 14.9 Å². The van der Waals surface area contributed by atoms with Crippen molar-refractivity contribution in [1.82, 2.24) is 0 Å². The first-order valence-corrected chi connectivity index (χ1v) is 9.04. The Morgan fingerprint density at radius 3 is 2.63 bits per heavy atom. The predicted octanol–water partition coefficient (Wildman–Crippen LogP) is 3.74. The van der Waals surface area contributed by atoms with Gasteiger partial charge in [-0.1, -0.05) is 24.3 Å². The number of carbonyl (C=O) groups excluding carboxylic acids is 1. The Hall–Kier alpha value is -4.05. The van der Waals surface area contributed by atoms with E-state index >= 15 is 0 Å². The van der Waals surface area contributed by atoms with Crippen LogP contribution in [0.25, 0.3) is 6.08 Å². The summed E-state index contributed by atoms with van der Waals surface area (Å²) in [4.78, 5) is 23.4. The normalized spacial score (nSPS) is 10.6. The van der Waals surface area contributed by atoms with E-state index < -0.39 is 18.5 Å². The van der Waals surface area contributed by atoms with Crippen LogP contribution in [0.3, 0.4) is 0 Å². The maximum absolute atomic E-state index is 12.6. The molecule has 0 unspecified atom stereocenters. The molecule has 0 aliphatic carbocycles. The van der Waals surface area contributed by atoms with Gasteiger partial charge in [-0.3, -0.25) is 4.79 Å². The molecule has 0 heterocycles. The van der Waals surface area contributed by atoms with Gasteiger partial charge >= 0.3 is 5.97 Å². The van der Waals surface area contributed by atoms with Crippen LogP contribution in [0, 0.1) is 18.3 Å². The molecular weight excluding hydrogens is 384 g/mol. The van der Waals surface area contributed by atoms with Crippen molar-refractivity contribution in [2.45, 2.75) is 13.3 Å². The molecular formula is C23H22N2O5. The smallest absolute Gasteiger partial charge is 0.341 e. The summed E-state index contributed by atoms with van der Waals surface area (Å²) < 4.78 is 10.7. The molecule has 30 heavy (non-hydrogen) atoms. The standard InChI is InChI=1S/C23H22N2O5/c1-4-7-17-10-16(12-20(29-3)22(17)30-14-21(26)27)11-18(13-24)23(28)25-19-9-6-5-8-15(19)2/h4-6,8-12H,1,7,14H2,2-3H3,(H,25,28)(H,26,27)/b18-11-. The fraction of sp³-hybridized carbons (Fsp3) is 0.174. The van der Waals surface area contributed by atoms with Gasteiger partial charge in [0.25, 0.3) is 5.91 Å². The van der Waals surface area contributed by atoms with Crippen molar-refractivity contribution in [2.75, 3.05) is 19.0 Å². The van der Waals surface area contributed by atoms with Crippen molar-refractivity contribution in [2.24, 2.45) is 0 Å². The molecule has 154 valence electrons. The minimum Gasteiger partial charge on any atom is -0.493 e. The number of aryl methyl sites for hydroxylation is 1. The van der Waals surface area contributed by atoms with Crippen molar-refractivity contribution in [3.63, 3.8) is 0 Å². The topological polar surface area (TPSA) is 109 Å². The molecule has 0 atom stereocenters. The fourth-order valence-corrected chi connectivity index (χ4v) is 2.74. The number of nitrogens with one attached hydrogen (secondary N) is 1. The minimum absolute atomic E-state index is 0.0935. The molecule has 2 rings (SSSR count). The van der Waals surface area contributed by atoms with Gasteiger partial charge in [-0.2, -0.15) is 5.26 Å². The van der Waals surface area contributed by atoms with Gasteiger partial charge in [0, 0.05) is 11.3 Å². The van der Waals surface area contributed by atoms with E-state index in [0.29, 0.717) is 29.0 Å².